The Morgan fingerprint density at radius 2 is 1.55 bits per heavy atom. The summed E-state index contributed by atoms with van der Waals surface area (Å²) in [4.78, 5) is 12.7. The molecular formula is C21H25N3O5S2. The molecule has 0 saturated carbocycles. The average molecular weight is 464 g/mol. The number of thiocarbonyl (C=S) groups is 1. The third-order valence-corrected chi connectivity index (χ3v) is 7.02. The zero-order valence-corrected chi connectivity index (χ0v) is 19.0. The lowest BCUT2D eigenvalue weighted by molar-refractivity contribution is 0.0977. The van der Waals surface area contributed by atoms with Crippen molar-refractivity contribution in [2.24, 2.45) is 0 Å². The molecule has 2 aromatic carbocycles. The summed E-state index contributed by atoms with van der Waals surface area (Å²) in [6.07, 6.45) is 2.82. The van der Waals surface area contributed by atoms with Crippen LogP contribution in [0.25, 0.3) is 0 Å². The molecule has 0 aromatic heterocycles. The molecule has 2 N–H and O–H groups in total. The van der Waals surface area contributed by atoms with Crippen molar-refractivity contribution in [2.45, 2.75) is 24.2 Å². The summed E-state index contributed by atoms with van der Waals surface area (Å²) in [5, 5.41) is 5.56. The van der Waals surface area contributed by atoms with E-state index in [1.165, 1.54) is 30.7 Å². The summed E-state index contributed by atoms with van der Waals surface area (Å²) in [7, 11) is -0.501. The summed E-state index contributed by atoms with van der Waals surface area (Å²) in [5.41, 5.74) is 0.884. The predicted octanol–water partition coefficient (Wildman–Crippen LogP) is 3.01. The molecule has 10 heteroatoms. The Hall–Kier alpha value is -2.69. The first-order valence-electron chi connectivity index (χ1n) is 9.79. The van der Waals surface area contributed by atoms with Gasteiger partial charge in [-0.15, -0.1) is 0 Å². The zero-order chi connectivity index (χ0) is 22.4. The highest BCUT2D eigenvalue weighted by molar-refractivity contribution is 7.89. The van der Waals surface area contributed by atoms with E-state index >= 15 is 0 Å². The zero-order valence-electron chi connectivity index (χ0n) is 17.4. The van der Waals surface area contributed by atoms with Gasteiger partial charge < -0.3 is 14.8 Å². The van der Waals surface area contributed by atoms with Crippen molar-refractivity contribution < 1.29 is 22.7 Å². The van der Waals surface area contributed by atoms with Crippen LogP contribution in [0, 0.1) is 0 Å². The van der Waals surface area contributed by atoms with Crippen LogP contribution >= 0.6 is 12.2 Å². The largest absolute Gasteiger partial charge is 0.497 e. The van der Waals surface area contributed by atoms with Gasteiger partial charge in [0.1, 0.15) is 11.5 Å². The lowest BCUT2D eigenvalue weighted by Crippen LogP contribution is -2.35. The molecule has 0 bridgehead atoms. The average Bonchev–Trinajstić information content (AvgIpc) is 2.79. The van der Waals surface area contributed by atoms with Gasteiger partial charge in [0.15, 0.2) is 5.11 Å². The summed E-state index contributed by atoms with van der Waals surface area (Å²) >= 11 is 5.21. The monoisotopic (exact) mass is 463 g/mol. The van der Waals surface area contributed by atoms with E-state index in [1.54, 1.807) is 30.3 Å². The molecule has 0 radical (unpaired) electrons. The molecule has 8 nitrogen and oxygen atoms in total. The summed E-state index contributed by atoms with van der Waals surface area (Å²) in [6.45, 7) is 1.10. The molecule has 1 heterocycles. The summed E-state index contributed by atoms with van der Waals surface area (Å²) in [6, 6.07) is 11.1. The normalized spacial score (nSPS) is 14.5. The maximum Gasteiger partial charge on any atom is 0.257 e. The van der Waals surface area contributed by atoms with Gasteiger partial charge in [0.05, 0.1) is 19.1 Å². The van der Waals surface area contributed by atoms with Crippen LogP contribution < -0.4 is 20.1 Å². The lowest BCUT2D eigenvalue weighted by atomic mass is 10.2. The van der Waals surface area contributed by atoms with Gasteiger partial charge in [-0.3, -0.25) is 10.1 Å². The lowest BCUT2D eigenvalue weighted by Gasteiger charge is -2.25. The van der Waals surface area contributed by atoms with E-state index < -0.39 is 15.9 Å². The quantitative estimate of drug-likeness (QED) is 0.636. The van der Waals surface area contributed by atoms with E-state index in [1.807, 2.05) is 0 Å². The highest BCUT2D eigenvalue weighted by atomic mass is 32.2. The number of anilines is 1. The SMILES string of the molecule is COc1cc(OC)cc(C(=O)NC(=S)Nc2ccc(S(=O)(=O)N3CCCCC3)cc2)c1. The molecule has 2 aromatic rings. The molecule has 3 rings (SSSR count). The number of carbonyl (C=O) groups excluding carboxylic acids is 1. The second kappa shape index (κ2) is 10.1. The molecule has 1 saturated heterocycles. The van der Waals surface area contributed by atoms with E-state index in [2.05, 4.69) is 10.6 Å². The van der Waals surface area contributed by atoms with Crippen molar-refractivity contribution in [2.75, 3.05) is 32.6 Å². The van der Waals surface area contributed by atoms with Crippen LogP contribution in [0.5, 0.6) is 11.5 Å². The van der Waals surface area contributed by atoms with Gasteiger partial charge in [-0.2, -0.15) is 4.31 Å². The number of nitrogens with zero attached hydrogens (tertiary/aromatic N) is 1. The number of ether oxygens (including phenoxy) is 2. The smallest absolute Gasteiger partial charge is 0.257 e. The number of benzene rings is 2. The maximum absolute atomic E-state index is 12.7. The van der Waals surface area contributed by atoms with Crippen molar-refractivity contribution in [3.05, 3.63) is 48.0 Å². The topological polar surface area (TPSA) is 97.0 Å². The highest BCUT2D eigenvalue weighted by Gasteiger charge is 2.25. The first-order chi connectivity index (χ1) is 14.8. The molecule has 1 aliphatic heterocycles. The van der Waals surface area contributed by atoms with E-state index in [0.29, 0.717) is 35.8 Å². The van der Waals surface area contributed by atoms with E-state index in [-0.39, 0.29) is 10.0 Å². The van der Waals surface area contributed by atoms with Gasteiger partial charge in [-0.05, 0) is 61.5 Å². The fourth-order valence-corrected chi connectivity index (χ4v) is 4.97. The first-order valence-corrected chi connectivity index (χ1v) is 11.6. The van der Waals surface area contributed by atoms with Crippen LogP contribution in [0.15, 0.2) is 47.4 Å². The van der Waals surface area contributed by atoms with Crippen molar-refractivity contribution in [1.82, 2.24) is 9.62 Å². The number of hydrogen-bond acceptors (Lipinski definition) is 6. The maximum atomic E-state index is 12.7. The number of piperidine rings is 1. The van der Waals surface area contributed by atoms with Crippen molar-refractivity contribution in [3.8, 4) is 11.5 Å². The Balaban J connectivity index is 1.64. The Morgan fingerprint density at radius 3 is 2.10 bits per heavy atom. The molecule has 166 valence electrons. The molecule has 1 amide bonds. The Kier molecular flexibility index (Phi) is 7.47. The van der Waals surface area contributed by atoms with Crippen LogP contribution in [0.2, 0.25) is 0 Å². The number of carbonyl (C=O) groups is 1. The standard InChI is InChI=1S/C21H25N3O5S2/c1-28-17-12-15(13-18(14-17)29-2)20(25)23-21(30)22-16-6-8-19(9-7-16)31(26,27)24-10-4-3-5-11-24/h6-9,12-14H,3-5,10-11H2,1-2H3,(H2,22,23,25,30). The minimum absolute atomic E-state index is 0.0819. The summed E-state index contributed by atoms with van der Waals surface area (Å²) in [5.74, 6) is 0.529. The number of methoxy groups -OCH3 is 2. The van der Waals surface area contributed by atoms with Gasteiger partial charge in [0.25, 0.3) is 5.91 Å². The minimum Gasteiger partial charge on any atom is -0.497 e. The molecular weight excluding hydrogens is 438 g/mol. The van der Waals surface area contributed by atoms with Crippen LogP contribution in [0.3, 0.4) is 0 Å². The number of amides is 1. The Labute approximate surface area is 187 Å². The van der Waals surface area contributed by atoms with Crippen molar-refractivity contribution in [1.29, 1.82) is 0 Å². The molecule has 0 unspecified atom stereocenters. The Bertz CT molecular complexity index is 1030. The number of rotatable bonds is 6. The number of nitrogens with one attached hydrogen (secondary N) is 2. The van der Waals surface area contributed by atoms with Crippen LogP contribution in [0.1, 0.15) is 29.6 Å². The molecule has 1 fully saturated rings. The van der Waals surface area contributed by atoms with Crippen LogP contribution in [-0.2, 0) is 10.0 Å². The summed E-state index contributed by atoms with van der Waals surface area (Å²) < 4.78 is 37.3. The molecule has 31 heavy (non-hydrogen) atoms. The fraction of sp³-hybridized carbons (Fsp3) is 0.333. The van der Waals surface area contributed by atoms with Crippen molar-refractivity contribution >= 4 is 38.9 Å². The first kappa shape index (κ1) is 23.0. The van der Waals surface area contributed by atoms with Gasteiger partial charge in [-0.25, -0.2) is 8.42 Å². The molecule has 0 atom stereocenters. The van der Waals surface area contributed by atoms with Crippen LogP contribution in [0.4, 0.5) is 5.69 Å². The molecule has 0 aliphatic carbocycles. The highest BCUT2D eigenvalue weighted by Crippen LogP contribution is 2.23. The van der Waals surface area contributed by atoms with E-state index in [4.69, 9.17) is 21.7 Å². The second-order valence-corrected chi connectivity index (χ2v) is 9.34. The second-order valence-electron chi connectivity index (χ2n) is 7.00. The van der Waals surface area contributed by atoms with Crippen molar-refractivity contribution in [3.63, 3.8) is 0 Å². The Morgan fingerprint density at radius 1 is 0.968 bits per heavy atom. The van der Waals surface area contributed by atoms with Gasteiger partial charge >= 0.3 is 0 Å². The molecule has 1 aliphatic rings. The van der Waals surface area contributed by atoms with E-state index in [9.17, 15) is 13.2 Å². The molecule has 0 spiro atoms. The minimum atomic E-state index is -3.50. The van der Waals surface area contributed by atoms with Crippen LogP contribution in [-0.4, -0.2) is 51.1 Å². The third-order valence-electron chi connectivity index (χ3n) is 4.91. The predicted molar refractivity (Wildman–Crippen MR) is 122 cm³/mol. The fourth-order valence-electron chi connectivity index (χ4n) is 3.24. The van der Waals surface area contributed by atoms with E-state index in [0.717, 1.165) is 19.3 Å². The third kappa shape index (κ3) is 5.72. The number of hydrogen-bond donors (Lipinski definition) is 2. The van der Waals surface area contributed by atoms with Gasteiger partial charge in [0.2, 0.25) is 10.0 Å². The van der Waals surface area contributed by atoms with Gasteiger partial charge in [-0.1, -0.05) is 6.42 Å². The number of sulfonamides is 1. The van der Waals surface area contributed by atoms with Gasteiger partial charge in [0, 0.05) is 30.4 Å².